The molecular formula is C8H14N4O4. The molecule has 0 radical (unpaired) electrons. The first kappa shape index (κ1) is 12.3. The quantitative estimate of drug-likeness (QED) is 0.386. The molecule has 0 spiro atoms. The molecule has 0 saturated heterocycles. The minimum Gasteiger partial charge on any atom is -0.394 e. The summed E-state index contributed by atoms with van der Waals surface area (Å²) >= 11 is 0. The first-order valence-electron chi connectivity index (χ1n) is 4.58. The van der Waals surface area contributed by atoms with Gasteiger partial charge >= 0.3 is 5.69 Å². The molecule has 0 unspecified atom stereocenters. The Morgan fingerprint density at radius 1 is 1.44 bits per heavy atom. The van der Waals surface area contributed by atoms with Crippen LogP contribution >= 0.6 is 0 Å². The molecule has 0 aliphatic rings. The lowest BCUT2D eigenvalue weighted by molar-refractivity contribution is 0.204. The van der Waals surface area contributed by atoms with Crippen LogP contribution in [0.15, 0.2) is 9.59 Å². The zero-order chi connectivity index (χ0) is 12.3. The van der Waals surface area contributed by atoms with Crippen molar-refractivity contribution in [3.05, 3.63) is 20.8 Å². The number of nitrogens with two attached hydrogens (primary N) is 1. The second kappa shape index (κ2) is 4.81. The molecule has 0 saturated carbocycles. The van der Waals surface area contributed by atoms with Crippen LogP contribution in [-0.2, 0) is 7.05 Å². The first-order chi connectivity index (χ1) is 7.51. The van der Waals surface area contributed by atoms with Crippen molar-refractivity contribution in [2.24, 2.45) is 7.05 Å². The molecule has 0 fully saturated rings. The number of aromatic amines is 1. The number of H-pyrrole nitrogens is 1. The van der Waals surface area contributed by atoms with E-state index in [1.807, 2.05) is 4.98 Å². The molecule has 6 N–H and O–H groups in total. The van der Waals surface area contributed by atoms with Gasteiger partial charge in [-0.1, -0.05) is 0 Å². The van der Waals surface area contributed by atoms with Crippen LogP contribution in [0.2, 0.25) is 0 Å². The molecule has 8 heteroatoms. The molecule has 0 amide bonds. The maximum absolute atomic E-state index is 11.4. The van der Waals surface area contributed by atoms with Crippen molar-refractivity contribution in [2.75, 3.05) is 24.3 Å². The van der Waals surface area contributed by atoms with Gasteiger partial charge in [-0.25, -0.2) is 4.79 Å². The summed E-state index contributed by atoms with van der Waals surface area (Å²) in [5.41, 5.74) is 4.20. The van der Waals surface area contributed by atoms with E-state index in [4.69, 9.17) is 15.9 Å². The van der Waals surface area contributed by atoms with Gasteiger partial charge in [-0.3, -0.25) is 14.3 Å². The Kier molecular flexibility index (Phi) is 3.69. The molecular weight excluding hydrogens is 216 g/mol. The Hall–Kier alpha value is -1.80. The van der Waals surface area contributed by atoms with Crippen LogP contribution in [0.4, 0.5) is 11.5 Å². The number of nitrogens with zero attached hydrogens (tertiary/aromatic N) is 1. The lowest BCUT2D eigenvalue weighted by Gasteiger charge is -2.16. The minimum absolute atomic E-state index is 0.0461. The third-order valence-corrected chi connectivity index (χ3v) is 2.16. The van der Waals surface area contributed by atoms with E-state index in [0.29, 0.717) is 0 Å². The van der Waals surface area contributed by atoms with E-state index in [1.54, 1.807) is 0 Å². The van der Waals surface area contributed by atoms with Crippen LogP contribution in [0.5, 0.6) is 0 Å². The summed E-state index contributed by atoms with van der Waals surface area (Å²) in [6.07, 6.45) is 0. The van der Waals surface area contributed by atoms with Crippen LogP contribution in [0, 0.1) is 0 Å². The van der Waals surface area contributed by atoms with Gasteiger partial charge in [0, 0.05) is 7.05 Å². The molecule has 0 bridgehead atoms. The Balaban J connectivity index is 3.19. The molecule has 0 aliphatic heterocycles. The molecule has 16 heavy (non-hydrogen) atoms. The highest BCUT2D eigenvalue weighted by atomic mass is 16.3. The number of nitrogen functional groups attached to an aromatic ring is 1. The molecule has 0 atom stereocenters. The van der Waals surface area contributed by atoms with Gasteiger partial charge in [-0.2, -0.15) is 0 Å². The van der Waals surface area contributed by atoms with Crippen LogP contribution in [0.1, 0.15) is 0 Å². The van der Waals surface area contributed by atoms with E-state index in [1.165, 1.54) is 7.05 Å². The molecule has 0 aromatic carbocycles. The second-order valence-corrected chi connectivity index (χ2v) is 3.28. The number of nitrogens with one attached hydrogen (secondary N) is 2. The van der Waals surface area contributed by atoms with Gasteiger partial charge < -0.3 is 21.3 Å². The first-order valence-corrected chi connectivity index (χ1v) is 4.58. The van der Waals surface area contributed by atoms with Gasteiger partial charge in [0.25, 0.3) is 5.56 Å². The third-order valence-electron chi connectivity index (χ3n) is 2.16. The summed E-state index contributed by atoms with van der Waals surface area (Å²) < 4.78 is 1.05. The van der Waals surface area contributed by atoms with Crippen molar-refractivity contribution in [1.29, 1.82) is 0 Å². The molecule has 8 nitrogen and oxygen atoms in total. The number of anilines is 2. The van der Waals surface area contributed by atoms with E-state index < -0.39 is 17.3 Å². The molecule has 90 valence electrons. The molecule has 1 aromatic heterocycles. The van der Waals surface area contributed by atoms with Crippen LogP contribution in [0.25, 0.3) is 0 Å². The summed E-state index contributed by atoms with van der Waals surface area (Å²) in [5.74, 6) is -0.0550. The van der Waals surface area contributed by atoms with Crippen LogP contribution in [0.3, 0.4) is 0 Å². The Morgan fingerprint density at radius 3 is 2.50 bits per heavy atom. The smallest absolute Gasteiger partial charge is 0.329 e. The largest absolute Gasteiger partial charge is 0.394 e. The summed E-state index contributed by atoms with van der Waals surface area (Å²) in [6.45, 7) is -0.726. The van der Waals surface area contributed by atoms with Crippen molar-refractivity contribution in [3.8, 4) is 0 Å². The Bertz CT molecular complexity index is 474. The molecule has 1 heterocycles. The van der Waals surface area contributed by atoms with Crippen molar-refractivity contribution < 1.29 is 10.2 Å². The normalized spacial score (nSPS) is 10.8. The highest BCUT2D eigenvalue weighted by molar-refractivity contribution is 5.60. The van der Waals surface area contributed by atoms with Gasteiger partial charge in [-0.15, -0.1) is 0 Å². The van der Waals surface area contributed by atoms with Gasteiger partial charge in [-0.05, 0) is 0 Å². The fourth-order valence-electron chi connectivity index (χ4n) is 1.13. The van der Waals surface area contributed by atoms with Crippen molar-refractivity contribution >= 4 is 11.5 Å². The van der Waals surface area contributed by atoms with Crippen LogP contribution < -0.4 is 22.3 Å². The monoisotopic (exact) mass is 230 g/mol. The number of aliphatic hydroxyl groups is 2. The summed E-state index contributed by atoms with van der Waals surface area (Å²) in [6, 6.07) is -0.707. The average Bonchev–Trinajstić information content (AvgIpc) is 2.27. The zero-order valence-electron chi connectivity index (χ0n) is 8.73. The van der Waals surface area contributed by atoms with Gasteiger partial charge in [0.1, 0.15) is 11.5 Å². The SMILES string of the molecule is Cn1c(N)c(NC(CO)CO)c(=O)[nH]c1=O. The lowest BCUT2D eigenvalue weighted by atomic mass is 10.3. The van der Waals surface area contributed by atoms with Crippen molar-refractivity contribution in [3.63, 3.8) is 0 Å². The van der Waals surface area contributed by atoms with Crippen molar-refractivity contribution in [1.82, 2.24) is 9.55 Å². The van der Waals surface area contributed by atoms with Crippen LogP contribution in [-0.4, -0.2) is 39.0 Å². The van der Waals surface area contributed by atoms with Gasteiger partial charge in [0.2, 0.25) is 0 Å². The van der Waals surface area contributed by atoms with Crippen molar-refractivity contribution in [2.45, 2.75) is 6.04 Å². The standard InChI is InChI=1S/C8H14N4O4/c1-12-6(9)5(7(15)11-8(12)16)10-4(2-13)3-14/h4,10,13-14H,2-3,9H2,1H3,(H,11,15,16). The van der Waals surface area contributed by atoms with E-state index >= 15 is 0 Å². The van der Waals surface area contributed by atoms with E-state index in [2.05, 4.69) is 5.32 Å². The number of hydrogen-bond acceptors (Lipinski definition) is 6. The lowest BCUT2D eigenvalue weighted by Crippen LogP contribution is -2.36. The molecule has 1 aromatic rings. The molecule has 0 aliphatic carbocycles. The number of aliphatic hydroxyl groups excluding tert-OH is 2. The molecule has 1 rings (SSSR count). The summed E-state index contributed by atoms with van der Waals surface area (Å²) in [5, 5.41) is 20.3. The predicted octanol–water partition coefficient (Wildman–Crippen LogP) is -2.58. The van der Waals surface area contributed by atoms with E-state index in [-0.39, 0.29) is 24.7 Å². The average molecular weight is 230 g/mol. The maximum Gasteiger partial charge on any atom is 0.329 e. The topological polar surface area (TPSA) is 133 Å². The highest BCUT2D eigenvalue weighted by Gasteiger charge is 2.13. The summed E-state index contributed by atoms with van der Waals surface area (Å²) in [4.78, 5) is 24.6. The summed E-state index contributed by atoms with van der Waals surface area (Å²) in [7, 11) is 1.39. The fourth-order valence-corrected chi connectivity index (χ4v) is 1.13. The Labute approximate surface area is 90.3 Å². The maximum atomic E-state index is 11.4. The Morgan fingerprint density at radius 2 is 2.00 bits per heavy atom. The predicted molar refractivity (Wildman–Crippen MR) is 58.3 cm³/mol. The second-order valence-electron chi connectivity index (χ2n) is 3.28. The minimum atomic E-state index is -0.707. The van der Waals surface area contributed by atoms with Gasteiger partial charge in [0.05, 0.1) is 19.3 Å². The number of aromatic nitrogens is 2. The zero-order valence-corrected chi connectivity index (χ0v) is 8.73. The number of rotatable bonds is 4. The fraction of sp³-hybridized carbons (Fsp3) is 0.500. The highest BCUT2D eigenvalue weighted by Crippen LogP contribution is 2.09. The van der Waals surface area contributed by atoms with E-state index in [9.17, 15) is 9.59 Å². The van der Waals surface area contributed by atoms with E-state index in [0.717, 1.165) is 4.57 Å². The third kappa shape index (κ3) is 2.23. The number of hydrogen-bond donors (Lipinski definition) is 5. The van der Waals surface area contributed by atoms with Gasteiger partial charge in [0.15, 0.2) is 0 Å².